The summed E-state index contributed by atoms with van der Waals surface area (Å²) in [6.45, 7) is 6.03. The number of carbonyl (C=O) groups is 1. The molecule has 1 rings (SSSR count). The number of amides is 1. The van der Waals surface area contributed by atoms with E-state index in [2.05, 4.69) is 20.4 Å². The molecule has 0 spiro atoms. The zero-order valence-corrected chi connectivity index (χ0v) is 15.5. The van der Waals surface area contributed by atoms with Crippen molar-refractivity contribution in [1.29, 1.82) is 0 Å². The van der Waals surface area contributed by atoms with E-state index >= 15 is 0 Å². The molecule has 0 bridgehead atoms. The predicted molar refractivity (Wildman–Crippen MR) is 96.6 cm³/mol. The summed E-state index contributed by atoms with van der Waals surface area (Å²) in [5.41, 5.74) is 5.79. The van der Waals surface area contributed by atoms with Crippen LogP contribution < -0.4 is 21.1 Å². The van der Waals surface area contributed by atoms with Crippen molar-refractivity contribution in [3.05, 3.63) is 24.3 Å². The molecule has 0 radical (unpaired) electrons. The first kappa shape index (κ1) is 22.4. The SMILES string of the molecule is CCOC(=O)NC(CN=C(N)Nc1ccccc1OC(F)(F)F)CC(C)C. The van der Waals surface area contributed by atoms with Crippen LogP contribution >= 0.6 is 0 Å². The van der Waals surface area contributed by atoms with Crippen LogP contribution in [0.25, 0.3) is 0 Å². The lowest BCUT2D eigenvalue weighted by Crippen LogP contribution is -2.39. The molecule has 152 valence electrons. The Morgan fingerprint density at radius 3 is 2.56 bits per heavy atom. The van der Waals surface area contributed by atoms with Gasteiger partial charge in [0.1, 0.15) is 0 Å². The average Bonchev–Trinajstić information content (AvgIpc) is 2.53. The molecule has 1 aromatic carbocycles. The van der Waals surface area contributed by atoms with Crippen molar-refractivity contribution in [1.82, 2.24) is 5.32 Å². The second-order valence-corrected chi connectivity index (χ2v) is 6.09. The summed E-state index contributed by atoms with van der Waals surface area (Å²) in [6.07, 6.45) is -4.76. The van der Waals surface area contributed by atoms with Gasteiger partial charge >= 0.3 is 12.5 Å². The molecule has 4 N–H and O–H groups in total. The second-order valence-electron chi connectivity index (χ2n) is 6.09. The van der Waals surface area contributed by atoms with Gasteiger partial charge in [0.25, 0.3) is 0 Å². The Labute approximate surface area is 156 Å². The Kier molecular flexibility index (Phi) is 8.70. The van der Waals surface area contributed by atoms with Gasteiger partial charge in [0.15, 0.2) is 11.7 Å². The minimum absolute atomic E-state index is 0.0230. The smallest absolute Gasteiger partial charge is 0.450 e. The van der Waals surface area contributed by atoms with Crippen LogP contribution in [0.1, 0.15) is 27.2 Å². The molecule has 27 heavy (non-hydrogen) atoms. The zero-order chi connectivity index (χ0) is 20.4. The highest BCUT2D eigenvalue weighted by Crippen LogP contribution is 2.29. The summed E-state index contributed by atoms with van der Waals surface area (Å²) in [7, 11) is 0. The van der Waals surface area contributed by atoms with Crippen molar-refractivity contribution in [3.63, 3.8) is 0 Å². The lowest BCUT2D eigenvalue weighted by atomic mass is 10.0. The molecule has 1 aromatic rings. The molecule has 0 saturated heterocycles. The van der Waals surface area contributed by atoms with Crippen molar-refractivity contribution in [3.8, 4) is 5.75 Å². The highest BCUT2D eigenvalue weighted by atomic mass is 19.4. The molecule has 10 heteroatoms. The molecule has 0 saturated carbocycles. The van der Waals surface area contributed by atoms with Crippen LogP contribution in [0.15, 0.2) is 29.3 Å². The maximum absolute atomic E-state index is 12.5. The third-order valence-corrected chi connectivity index (χ3v) is 3.21. The number of hydrogen-bond donors (Lipinski definition) is 3. The Balaban J connectivity index is 2.78. The van der Waals surface area contributed by atoms with E-state index in [-0.39, 0.29) is 36.8 Å². The van der Waals surface area contributed by atoms with E-state index < -0.39 is 18.2 Å². The van der Waals surface area contributed by atoms with E-state index in [1.807, 2.05) is 13.8 Å². The number of hydrogen-bond acceptors (Lipinski definition) is 4. The molecule has 0 heterocycles. The number of guanidine groups is 1. The van der Waals surface area contributed by atoms with Crippen LogP contribution in [-0.4, -0.2) is 37.6 Å². The minimum Gasteiger partial charge on any atom is -0.450 e. The normalized spacial score (nSPS) is 13.2. The summed E-state index contributed by atoms with van der Waals surface area (Å²) in [4.78, 5) is 15.7. The number of halogens is 3. The number of para-hydroxylation sites is 2. The maximum Gasteiger partial charge on any atom is 0.573 e. The quantitative estimate of drug-likeness (QED) is 0.466. The summed E-state index contributed by atoms with van der Waals surface area (Å²) >= 11 is 0. The molecular formula is C17H25F3N4O3. The second kappa shape index (κ2) is 10.5. The van der Waals surface area contributed by atoms with Gasteiger partial charge in [-0.05, 0) is 31.4 Å². The average molecular weight is 390 g/mol. The Morgan fingerprint density at radius 1 is 1.30 bits per heavy atom. The van der Waals surface area contributed by atoms with Crippen LogP contribution in [0.5, 0.6) is 5.75 Å². The van der Waals surface area contributed by atoms with Crippen molar-refractivity contribution < 1.29 is 27.4 Å². The van der Waals surface area contributed by atoms with E-state index in [1.54, 1.807) is 6.92 Å². The number of ether oxygens (including phenoxy) is 2. The topological polar surface area (TPSA) is 98.0 Å². The third-order valence-electron chi connectivity index (χ3n) is 3.21. The minimum atomic E-state index is -4.82. The van der Waals surface area contributed by atoms with E-state index in [9.17, 15) is 18.0 Å². The number of aliphatic imine (C=N–C) groups is 1. The van der Waals surface area contributed by atoms with Gasteiger partial charge < -0.3 is 25.8 Å². The Bertz CT molecular complexity index is 636. The fraction of sp³-hybridized carbons (Fsp3) is 0.529. The lowest BCUT2D eigenvalue weighted by molar-refractivity contribution is -0.274. The van der Waals surface area contributed by atoms with Gasteiger partial charge in [0.2, 0.25) is 0 Å². The molecule has 0 aliphatic heterocycles. The first-order valence-electron chi connectivity index (χ1n) is 8.45. The van der Waals surface area contributed by atoms with Gasteiger partial charge in [-0.1, -0.05) is 26.0 Å². The number of nitrogens with zero attached hydrogens (tertiary/aromatic N) is 1. The van der Waals surface area contributed by atoms with Crippen LogP contribution in [0.3, 0.4) is 0 Å². The number of alkyl carbamates (subject to hydrolysis) is 1. The van der Waals surface area contributed by atoms with Gasteiger partial charge in [0.05, 0.1) is 24.9 Å². The highest BCUT2D eigenvalue weighted by molar-refractivity contribution is 5.93. The third kappa shape index (κ3) is 9.57. The number of carbonyl (C=O) groups excluding carboxylic acids is 1. The zero-order valence-electron chi connectivity index (χ0n) is 15.5. The number of benzene rings is 1. The maximum atomic E-state index is 12.5. The molecule has 0 aliphatic rings. The number of rotatable bonds is 8. The molecule has 0 fully saturated rings. The Morgan fingerprint density at radius 2 is 1.96 bits per heavy atom. The van der Waals surface area contributed by atoms with Crippen LogP contribution in [0.2, 0.25) is 0 Å². The Hall–Kier alpha value is -2.65. The number of alkyl halides is 3. The molecule has 0 aliphatic carbocycles. The predicted octanol–water partition coefficient (Wildman–Crippen LogP) is 3.47. The number of nitrogens with two attached hydrogens (primary N) is 1. The van der Waals surface area contributed by atoms with E-state index in [1.165, 1.54) is 18.2 Å². The first-order valence-corrected chi connectivity index (χ1v) is 8.45. The summed E-state index contributed by atoms with van der Waals surface area (Å²) in [5, 5.41) is 5.26. The van der Waals surface area contributed by atoms with E-state index in [0.29, 0.717) is 6.42 Å². The van der Waals surface area contributed by atoms with Crippen molar-refractivity contribution in [2.45, 2.75) is 39.6 Å². The van der Waals surface area contributed by atoms with Crippen molar-refractivity contribution in [2.75, 3.05) is 18.5 Å². The van der Waals surface area contributed by atoms with Gasteiger partial charge in [-0.25, -0.2) is 4.79 Å². The standard InChI is InChI=1S/C17H25F3N4O3/c1-4-26-16(25)23-12(9-11(2)3)10-22-15(21)24-13-7-5-6-8-14(13)27-17(18,19)20/h5-8,11-12H,4,9-10H2,1-3H3,(H,23,25)(H3,21,22,24). The highest BCUT2D eigenvalue weighted by Gasteiger charge is 2.32. The molecule has 1 amide bonds. The monoisotopic (exact) mass is 390 g/mol. The fourth-order valence-electron chi connectivity index (χ4n) is 2.26. The van der Waals surface area contributed by atoms with Crippen molar-refractivity contribution >= 4 is 17.7 Å². The largest absolute Gasteiger partial charge is 0.573 e. The molecule has 1 unspecified atom stereocenters. The van der Waals surface area contributed by atoms with Crippen LogP contribution in [-0.2, 0) is 4.74 Å². The first-order chi connectivity index (χ1) is 12.6. The molecule has 7 nitrogen and oxygen atoms in total. The summed E-state index contributed by atoms with van der Waals surface area (Å²) in [5.74, 6) is -0.249. The van der Waals surface area contributed by atoms with Gasteiger partial charge in [-0.2, -0.15) is 0 Å². The summed E-state index contributed by atoms with van der Waals surface area (Å²) in [6, 6.07) is 5.15. The number of nitrogens with one attached hydrogen (secondary N) is 2. The number of anilines is 1. The van der Waals surface area contributed by atoms with Gasteiger partial charge in [-0.3, -0.25) is 4.99 Å². The summed E-state index contributed by atoms with van der Waals surface area (Å²) < 4.78 is 46.2. The molecular weight excluding hydrogens is 365 g/mol. The molecule has 0 aromatic heterocycles. The van der Waals surface area contributed by atoms with Crippen LogP contribution in [0.4, 0.5) is 23.7 Å². The van der Waals surface area contributed by atoms with Crippen molar-refractivity contribution in [2.24, 2.45) is 16.6 Å². The lowest BCUT2D eigenvalue weighted by Gasteiger charge is -2.19. The molecule has 1 atom stereocenters. The van der Waals surface area contributed by atoms with E-state index in [0.717, 1.165) is 6.07 Å². The van der Waals surface area contributed by atoms with Gasteiger partial charge in [0, 0.05) is 0 Å². The van der Waals surface area contributed by atoms with Crippen LogP contribution in [0, 0.1) is 5.92 Å². The van der Waals surface area contributed by atoms with Gasteiger partial charge in [-0.15, -0.1) is 13.2 Å². The fourth-order valence-corrected chi connectivity index (χ4v) is 2.26. The van der Waals surface area contributed by atoms with E-state index in [4.69, 9.17) is 10.5 Å².